The summed E-state index contributed by atoms with van der Waals surface area (Å²) in [5.41, 5.74) is 1.99. The van der Waals surface area contributed by atoms with Crippen LogP contribution in [0.4, 0.5) is 11.8 Å². The number of hydrogen-bond donors (Lipinski definition) is 2. The van der Waals surface area contributed by atoms with Gasteiger partial charge < -0.3 is 5.32 Å². The van der Waals surface area contributed by atoms with Crippen molar-refractivity contribution in [2.24, 2.45) is 0 Å². The molecule has 0 radical (unpaired) electrons. The van der Waals surface area contributed by atoms with Crippen molar-refractivity contribution < 1.29 is 4.79 Å². The lowest BCUT2D eigenvalue weighted by atomic mass is 10.2. The Kier molecular flexibility index (Phi) is 4.76. The topological polar surface area (TPSA) is 92.7 Å². The number of aryl methyl sites for hydroxylation is 2. The zero-order chi connectivity index (χ0) is 15.2. The molecule has 7 nitrogen and oxygen atoms in total. The molecule has 2 N–H and O–H groups in total. The van der Waals surface area contributed by atoms with Crippen LogP contribution in [0.15, 0.2) is 18.2 Å². The van der Waals surface area contributed by atoms with Crippen molar-refractivity contribution in [3.63, 3.8) is 0 Å². The fourth-order valence-electron chi connectivity index (χ4n) is 1.86. The molecule has 0 saturated carbocycles. The third kappa shape index (κ3) is 3.50. The van der Waals surface area contributed by atoms with Gasteiger partial charge in [0.1, 0.15) is 11.5 Å². The van der Waals surface area contributed by atoms with Crippen LogP contribution < -0.4 is 10.6 Å². The molecule has 0 fully saturated rings. The van der Waals surface area contributed by atoms with Crippen LogP contribution in [0.2, 0.25) is 0 Å². The van der Waals surface area contributed by atoms with Gasteiger partial charge >= 0.3 is 0 Å². The molecule has 110 valence electrons. The average molecular weight is 286 g/mol. The maximum absolute atomic E-state index is 12.1. The highest BCUT2D eigenvalue weighted by atomic mass is 16.2. The van der Waals surface area contributed by atoms with E-state index >= 15 is 0 Å². The van der Waals surface area contributed by atoms with Crippen LogP contribution in [0, 0.1) is 0 Å². The number of nitrogens with zero attached hydrogens (tertiary/aromatic N) is 4. The first-order chi connectivity index (χ1) is 10.2. The van der Waals surface area contributed by atoms with E-state index in [0.29, 0.717) is 11.5 Å². The Morgan fingerprint density at radius 1 is 1.10 bits per heavy atom. The first-order valence-corrected chi connectivity index (χ1v) is 6.86. The summed E-state index contributed by atoms with van der Waals surface area (Å²) in [5, 5.41) is 13.5. The number of carbonyl (C=O) groups is 1. The van der Waals surface area contributed by atoms with Gasteiger partial charge in [0.15, 0.2) is 0 Å². The van der Waals surface area contributed by atoms with Gasteiger partial charge in [-0.2, -0.15) is 0 Å². The molecule has 0 bridgehead atoms. The average Bonchev–Trinajstić information content (AvgIpc) is 2.54. The number of amides is 1. The van der Waals surface area contributed by atoms with E-state index in [4.69, 9.17) is 0 Å². The van der Waals surface area contributed by atoms with E-state index in [9.17, 15) is 4.79 Å². The number of carbonyl (C=O) groups excluding carboxylic acids is 1. The number of pyridine rings is 1. The van der Waals surface area contributed by atoms with Crippen LogP contribution in [0.5, 0.6) is 0 Å². The molecule has 0 unspecified atom stereocenters. The minimum atomic E-state index is -0.361. The first-order valence-electron chi connectivity index (χ1n) is 6.86. The Labute approximate surface area is 123 Å². The molecule has 1 amide bonds. The number of rotatable bonds is 5. The molecular weight excluding hydrogens is 268 g/mol. The van der Waals surface area contributed by atoms with Crippen LogP contribution in [0.25, 0.3) is 0 Å². The molecule has 2 aromatic rings. The van der Waals surface area contributed by atoms with Crippen molar-refractivity contribution in [1.29, 1.82) is 0 Å². The predicted molar refractivity (Wildman–Crippen MR) is 80.3 cm³/mol. The minimum Gasteiger partial charge on any atom is -0.373 e. The molecular formula is C14H18N6O. The summed E-state index contributed by atoms with van der Waals surface area (Å²) in [4.78, 5) is 20.6. The fraction of sp³-hybridized carbons (Fsp3) is 0.357. The van der Waals surface area contributed by atoms with E-state index in [1.54, 1.807) is 25.2 Å². The van der Waals surface area contributed by atoms with E-state index in [-0.39, 0.29) is 11.9 Å². The molecule has 2 heterocycles. The molecule has 2 rings (SSSR count). The molecule has 0 aliphatic carbocycles. The van der Waals surface area contributed by atoms with Crippen molar-refractivity contribution in [2.75, 3.05) is 17.7 Å². The molecule has 0 aliphatic heterocycles. The van der Waals surface area contributed by atoms with Crippen LogP contribution in [-0.2, 0) is 12.8 Å². The summed E-state index contributed by atoms with van der Waals surface area (Å²) in [6, 6.07) is 5.16. The molecule has 21 heavy (non-hydrogen) atoms. The number of hydrogen-bond acceptors (Lipinski definition) is 6. The Bertz CT molecular complexity index is 643. The SMILES string of the molecule is CCc1nnc(NC(=O)c2cccc(NC)n2)nc1CC. The van der Waals surface area contributed by atoms with Gasteiger partial charge in [0.25, 0.3) is 5.91 Å². The molecule has 0 atom stereocenters. The summed E-state index contributed by atoms with van der Waals surface area (Å²) < 4.78 is 0. The molecule has 0 saturated heterocycles. The van der Waals surface area contributed by atoms with Gasteiger partial charge in [-0.15, -0.1) is 10.2 Å². The third-order valence-corrected chi connectivity index (χ3v) is 2.97. The minimum absolute atomic E-state index is 0.200. The fourth-order valence-corrected chi connectivity index (χ4v) is 1.86. The van der Waals surface area contributed by atoms with Crippen molar-refractivity contribution >= 4 is 17.7 Å². The number of nitrogens with one attached hydrogen (secondary N) is 2. The lowest BCUT2D eigenvalue weighted by Crippen LogP contribution is -2.18. The van der Waals surface area contributed by atoms with Gasteiger partial charge in [0.2, 0.25) is 5.95 Å². The van der Waals surface area contributed by atoms with Crippen LogP contribution >= 0.6 is 0 Å². The Hall–Kier alpha value is -2.57. The van der Waals surface area contributed by atoms with Gasteiger partial charge in [0.05, 0.1) is 11.4 Å². The summed E-state index contributed by atoms with van der Waals surface area (Å²) in [6.07, 6.45) is 1.51. The summed E-state index contributed by atoms with van der Waals surface area (Å²) in [5.74, 6) is 0.461. The first kappa shape index (κ1) is 14.8. The summed E-state index contributed by atoms with van der Waals surface area (Å²) in [7, 11) is 1.74. The normalized spacial score (nSPS) is 10.2. The molecule has 0 aliphatic rings. The standard InChI is InChI=1S/C14H18N6O/c1-4-9-10(5-2)19-20-14(17-9)18-13(21)11-7-6-8-12(15-3)16-11/h6-8H,4-5H2,1-3H3,(H,15,16)(H,17,18,20,21). The lowest BCUT2D eigenvalue weighted by Gasteiger charge is -2.07. The van der Waals surface area contributed by atoms with Crippen molar-refractivity contribution in [1.82, 2.24) is 20.2 Å². The Morgan fingerprint density at radius 2 is 1.86 bits per heavy atom. The molecule has 2 aromatic heterocycles. The Balaban J connectivity index is 2.19. The predicted octanol–water partition coefficient (Wildman–Crippen LogP) is 1.69. The van der Waals surface area contributed by atoms with E-state index in [2.05, 4.69) is 30.8 Å². The quantitative estimate of drug-likeness (QED) is 0.868. The van der Waals surface area contributed by atoms with Gasteiger partial charge in [-0.25, -0.2) is 9.97 Å². The zero-order valence-corrected chi connectivity index (χ0v) is 12.3. The monoisotopic (exact) mass is 286 g/mol. The van der Waals surface area contributed by atoms with E-state index in [1.807, 2.05) is 13.8 Å². The van der Waals surface area contributed by atoms with E-state index in [0.717, 1.165) is 24.2 Å². The van der Waals surface area contributed by atoms with Gasteiger partial charge in [0, 0.05) is 7.05 Å². The van der Waals surface area contributed by atoms with E-state index in [1.165, 1.54) is 0 Å². The highest BCUT2D eigenvalue weighted by molar-refractivity contribution is 6.02. The summed E-state index contributed by atoms with van der Waals surface area (Å²) >= 11 is 0. The zero-order valence-electron chi connectivity index (χ0n) is 12.3. The maximum atomic E-state index is 12.1. The number of anilines is 2. The Morgan fingerprint density at radius 3 is 2.52 bits per heavy atom. The van der Waals surface area contributed by atoms with E-state index < -0.39 is 0 Å². The number of aromatic nitrogens is 4. The largest absolute Gasteiger partial charge is 0.373 e. The second-order valence-electron chi connectivity index (χ2n) is 4.35. The van der Waals surface area contributed by atoms with Gasteiger partial charge in [-0.1, -0.05) is 19.9 Å². The van der Waals surface area contributed by atoms with Crippen molar-refractivity contribution in [2.45, 2.75) is 26.7 Å². The van der Waals surface area contributed by atoms with Gasteiger partial charge in [-0.05, 0) is 25.0 Å². The molecule has 7 heteroatoms. The second kappa shape index (κ2) is 6.74. The summed E-state index contributed by atoms with van der Waals surface area (Å²) in [6.45, 7) is 3.99. The van der Waals surface area contributed by atoms with Crippen LogP contribution in [0.3, 0.4) is 0 Å². The highest BCUT2D eigenvalue weighted by Crippen LogP contribution is 2.09. The maximum Gasteiger partial charge on any atom is 0.276 e. The van der Waals surface area contributed by atoms with Crippen molar-refractivity contribution in [3.05, 3.63) is 35.3 Å². The second-order valence-corrected chi connectivity index (χ2v) is 4.35. The van der Waals surface area contributed by atoms with Crippen LogP contribution in [0.1, 0.15) is 35.7 Å². The molecule has 0 aromatic carbocycles. The third-order valence-electron chi connectivity index (χ3n) is 2.97. The van der Waals surface area contributed by atoms with Crippen LogP contribution in [-0.4, -0.2) is 33.1 Å². The lowest BCUT2D eigenvalue weighted by molar-refractivity contribution is 0.102. The smallest absolute Gasteiger partial charge is 0.276 e. The molecule has 0 spiro atoms. The highest BCUT2D eigenvalue weighted by Gasteiger charge is 2.12. The van der Waals surface area contributed by atoms with Crippen molar-refractivity contribution in [3.8, 4) is 0 Å². The van der Waals surface area contributed by atoms with Gasteiger partial charge in [-0.3, -0.25) is 10.1 Å².